The largest absolute Gasteiger partial charge is 0.434 e. The summed E-state index contributed by atoms with van der Waals surface area (Å²) < 4.78 is 70.5. The first kappa shape index (κ1) is 69.0. The predicted octanol–water partition coefficient (Wildman–Crippen LogP) is 8.91. The number of carbonyl (C=O) groups excluding carboxylic acids is 6. The van der Waals surface area contributed by atoms with Gasteiger partial charge < -0.3 is 30.3 Å². The Labute approximate surface area is 548 Å². The van der Waals surface area contributed by atoms with Crippen LogP contribution in [0, 0.1) is 11.8 Å². The molecule has 2 fully saturated rings. The van der Waals surface area contributed by atoms with E-state index in [0.717, 1.165) is 26.9 Å². The molecule has 2 aromatic heterocycles. The fourth-order valence-electron chi connectivity index (χ4n) is 10.6. The van der Waals surface area contributed by atoms with E-state index in [1.807, 2.05) is 88.4 Å². The molecular formula is C67H74N8O14S4. The molecule has 0 unspecified atom stereocenters. The van der Waals surface area contributed by atoms with Crippen LogP contribution in [-0.2, 0) is 52.0 Å². The van der Waals surface area contributed by atoms with Crippen LogP contribution >= 0.6 is 22.7 Å². The molecule has 10 rings (SSSR count). The molecule has 2 saturated heterocycles. The standard InChI is InChI=1S/C34H38N4O7S2.C33H36N4O7S2/c1-4-22(2)18-37(47(43,44)27-13-14-28-32(17-27)46-21-35-28)19-30(40)29(15-24-9-6-5-7-10-24)36-33(41)31-20-38(34(42)45-31)26-12-8-11-25(16-26)23(3)39;1-21(2)17-36(46(42,43)26-12-13-27-31(16-26)45-20-34-27)18-29(39)28(14-23-8-5-4-6-9-23)35-32(40)30-19-37(33(41)44-30)25-11-7-10-24(15-25)22(3)38/h5-14,16-17,21-22,29-31,40H,4,15,18-20H2,1-3H3,(H,36,41);4-13,15-16,20-21,28-30,39H,14,17-19H2,1-3H3,(H,35,40)/t22-,29-,30+,31-;28-,29+,30-/m00/s1. The molecule has 0 radical (unpaired) electrons. The summed E-state index contributed by atoms with van der Waals surface area (Å²) >= 11 is 2.68. The van der Waals surface area contributed by atoms with E-state index in [4.69, 9.17) is 9.47 Å². The summed E-state index contributed by atoms with van der Waals surface area (Å²) in [5.74, 6) is -1.65. The van der Waals surface area contributed by atoms with E-state index in [-0.39, 0.29) is 85.3 Å². The monoisotopic (exact) mass is 1340 g/mol. The van der Waals surface area contributed by atoms with Crippen LogP contribution in [0.15, 0.2) is 166 Å². The Balaban J connectivity index is 0.000000219. The molecule has 8 aromatic rings. The lowest BCUT2D eigenvalue weighted by Gasteiger charge is -2.31. The van der Waals surface area contributed by atoms with Crippen molar-refractivity contribution in [3.8, 4) is 0 Å². The number of sulfonamides is 2. The molecule has 0 aliphatic carbocycles. The van der Waals surface area contributed by atoms with Crippen molar-refractivity contribution in [2.24, 2.45) is 11.8 Å². The molecule has 0 bridgehead atoms. The van der Waals surface area contributed by atoms with Crippen LogP contribution in [0.3, 0.4) is 0 Å². The molecule has 2 aliphatic rings. The third-order valence-corrected chi connectivity index (χ3v) is 21.2. The van der Waals surface area contributed by atoms with E-state index in [0.29, 0.717) is 33.5 Å². The van der Waals surface area contributed by atoms with Gasteiger partial charge in [0.1, 0.15) is 0 Å². The number of ketones is 2. The topological polar surface area (TPSA) is 292 Å². The zero-order valence-electron chi connectivity index (χ0n) is 52.1. The Morgan fingerprint density at radius 2 is 0.978 bits per heavy atom. The average molecular weight is 1340 g/mol. The van der Waals surface area contributed by atoms with Gasteiger partial charge in [-0.25, -0.2) is 36.4 Å². The van der Waals surface area contributed by atoms with Crippen LogP contribution in [0.4, 0.5) is 21.0 Å². The Kier molecular flexibility index (Phi) is 22.7. The Hall–Kier alpha value is -8.34. The van der Waals surface area contributed by atoms with E-state index in [9.17, 15) is 55.8 Å². The number of Topliss-reactive ketones (excluding diaryl/α,β-unsaturated/α-hetero) is 2. The minimum Gasteiger partial charge on any atom is -0.434 e. The molecule has 22 nitrogen and oxygen atoms in total. The Bertz CT molecular complexity index is 4210. The van der Waals surface area contributed by atoms with Gasteiger partial charge in [0, 0.05) is 48.7 Å². The number of aliphatic hydroxyl groups excluding tert-OH is 2. The molecule has 0 spiro atoms. The highest BCUT2D eigenvalue weighted by Gasteiger charge is 2.42. The number of fused-ring (bicyclic) bond motifs is 2. The number of aromatic nitrogens is 2. The zero-order chi connectivity index (χ0) is 66.7. The van der Waals surface area contributed by atoms with Crippen LogP contribution in [0.25, 0.3) is 20.4 Å². The number of nitrogens with one attached hydrogen (secondary N) is 2. The van der Waals surface area contributed by atoms with Crippen molar-refractivity contribution in [1.82, 2.24) is 29.2 Å². The fourth-order valence-corrected chi connectivity index (χ4v) is 15.5. The van der Waals surface area contributed by atoms with Crippen LogP contribution in [0.1, 0.15) is 79.8 Å². The van der Waals surface area contributed by atoms with Gasteiger partial charge in [0.05, 0.1) is 78.6 Å². The number of thiazole rings is 2. The fraction of sp³-hybridized carbons (Fsp3) is 0.343. The van der Waals surface area contributed by atoms with Gasteiger partial charge >= 0.3 is 12.2 Å². The van der Waals surface area contributed by atoms with Crippen LogP contribution < -0.4 is 20.4 Å². The highest BCUT2D eigenvalue weighted by atomic mass is 32.2. The second kappa shape index (κ2) is 30.6. The van der Waals surface area contributed by atoms with Crippen molar-refractivity contribution in [3.63, 3.8) is 0 Å². The predicted molar refractivity (Wildman–Crippen MR) is 355 cm³/mol. The third-order valence-electron chi connectivity index (χ3n) is 16.0. The van der Waals surface area contributed by atoms with Gasteiger partial charge in [0.2, 0.25) is 20.0 Å². The van der Waals surface area contributed by atoms with E-state index in [1.165, 1.54) is 67.1 Å². The normalized spacial score (nSPS) is 16.8. The van der Waals surface area contributed by atoms with E-state index >= 15 is 0 Å². The van der Waals surface area contributed by atoms with Gasteiger partial charge in [0.25, 0.3) is 11.8 Å². The lowest BCUT2D eigenvalue weighted by Crippen LogP contribution is -2.53. The van der Waals surface area contributed by atoms with Crippen LogP contribution in [-0.4, -0.2) is 157 Å². The van der Waals surface area contributed by atoms with Crippen molar-refractivity contribution < 1.29 is 65.3 Å². The maximum Gasteiger partial charge on any atom is 0.415 e. The number of carbonyl (C=O) groups is 6. The molecule has 0 saturated carbocycles. The van der Waals surface area contributed by atoms with Crippen molar-refractivity contribution in [3.05, 3.63) is 179 Å². The number of benzene rings is 6. The molecule has 7 atom stereocenters. The summed E-state index contributed by atoms with van der Waals surface area (Å²) in [6.45, 7) is 10.1. The summed E-state index contributed by atoms with van der Waals surface area (Å²) in [6, 6.07) is 39.1. The van der Waals surface area contributed by atoms with Gasteiger partial charge in [-0.05, 0) is 110 Å². The smallest absolute Gasteiger partial charge is 0.415 e. The summed E-state index contributed by atoms with van der Waals surface area (Å²) in [6.07, 6.45) is -5.39. The first-order valence-electron chi connectivity index (χ1n) is 30.3. The highest BCUT2D eigenvalue weighted by molar-refractivity contribution is 7.89. The number of hydrogen-bond donors (Lipinski definition) is 4. The van der Waals surface area contributed by atoms with Gasteiger partial charge in [-0.1, -0.05) is 119 Å². The highest BCUT2D eigenvalue weighted by Crippen LogP contribution is 2.30. The van der Waals surface area contributed by atoms with E-state index < -0.39 is 80.5 Å². The number of anilines is 2. The number of rotatable bonds is 27. The Morgan fingerprint density at radius 1 is 0.570 bits per heavy atom. The van der Waals surface area contributed by atoms with Crippen LogP contribution in [0.5, 0.6) is 0 Å². The zero-order valence-corrected chi connectivity index (χ0v) is 55.4. The van der Waals surface area contributed by atoms with E-state index in [1.54, 1.807) is 83.8 Å². The van der Waals surface area contributed by atoms with Crippen molar-refractivity contribution >= 4 is 110 Å². The first-order chi connectivity index (χ1) is 44.4. The number of nitrogens with zero attached hydrogens (tertiary/aromatic N) is 6. The molecule has 93 heavy (non-hydrogen) atoms. The lowest BCUT2D eigenvalue weighted by atomic mass is 10.0. The van der Waals surface area contributed by atoms with Crippen molar-refractivity contribution in [1.29, 1.82) is 0 Å². The number of hydrogen-bond acceptors (Lipinski definition) is 18. The molecule has 2 aliphatic heterocycles. The second-order valence-electron chi connectivity index (χ2n) is 23.4. The Morgan fingerprint density at radius 3 is 1.37 bits per heavy atom. The molecule has 490 valence electrons. The minimum atomic E-state index is -4.04. The molecular weight excluding hydrogens is 1270 g/mol. The summed E-state index contributed by atoms with van der Waals surface area (Å²) in [7, 11) is -8.06. The minimum absolute atomic E-state index is 0.00309. The van der Waals surface area contributed by atoms with Crippen molar-refractivity contribution in [2.75, 3.05) is 49.1 Å². The maximum atomic E-state index is 14.0. The van der Waals surface area contributed by atoms with Gasteiger partial charge in [-0.2, -0.15) is 8.61 Å². The van der Waals surface area contributed by atoms with E-state index in [2.05, 4.69) is 20.6 Å². The maximum absolute atomic E-state index is 14.0. The van der Waals surface area contributed by atoms with Crippen molar-refractivity contribution in [2.45, 2.75) is 107 Å². The summed E-state index contributed by atoms with van der Waals surface area (Å²) in [5, 5.41) is 28.9. The SMILES string of the molecule is CC(=O)c1cccc(N2C[C@@H](C(=O)N[C@@H](Cc3ccccc3)[C@H](O)CN(CC(C)C)S(=O)(=O)c3ccc4ncsc4c3)OC2=O)c1.CC[C@H](C)CN(C[C@@H](O)[C@H](Cc1ccccc1)NC(=O)[C@@H]1CN(c2cccc(C(C)=O)c2)C(=O)O1)S(=O)(=O)c1ccc2ncsc2c1. The molecule has 26 heteroatoms. The number of aliphatic hydroxyl groups is 2. The number of cyclic esters (lactones) is 2. The quantitative estimate of drug-likeness (QED) is 0.0349. The second-order valence-corrected chi connectivity index (χ2v) is 29.1. The molecule has 4 amide bonds. The molecule has 4 N–H and O–H groups in total. The molecule has 4 heterocycles. The lowest BCUT2D eigenvalue weighted by molar-refractivity contribution is -0.130. The van der Waals surface area contributed by atoms with Gasteiger partial charge in [-0.15, -0.1) is 22.7 Å². The summed E-state index contributed by atoms with van der Waals surface area (Å²) in [5.41, 5.74) is 7.99. The first-order valence-corrected chi connectivity index (χ1v) is 34.9. The van der Waals surface area contributed by atoms with Crippen LogP contribution in [0.2, 0.25) is 0 Å². The summed E-state index contributed by atoms with van der Waals surface area (Å²) in [4.78, 5) is 87.5. The van der Waals surface area contributed by atoms with Gasteiger partial charge in [-0.3, -0.25) is 29.0 Å². The molecule has 6 aromatic carbocycles. The third kappa shape index (κ3) is 17.3. The number of amides is 4. The number of ether oxygens (including phenoxy) is 2. The average Bonchev–Trinajstić information content (AvgIpc) is 1.95. The van der Waals surface area contributed by atoms with Gasteiger partial charge in [0.15, 0.2) is 23.8 Å².